The molecule has 38 heavy (non-hydrogen) atoms. The number of ether oxygens (including phenoxy) is 1. The number of piperidine rings is 1. The second kappa shape index (κ2) is 11.6. The minimum absolute atomic E-state index is 0.213. The molecular weight excluding hydrogens is 530 g/mol. The van der Waals surface area contributed by atoms with Gasteiger partial charge in [-0.2, -0.15) is 13.2 Å². The van der Waals surface area contributed by atoms with Crippen molar-refractivity contribution in [2.24, 2.45) is 0 Å². The molecule has 204 valence electrons. The van der Waals surface area contributed by atoms with Crippen LogP contribution in [0.1, 0.15) is 23.3 Å². The summed E-state index contributed by atoms with van der Waals surface area (Å²) in [6.07, 6.45) is -3.26. The van der Waals surface area contributed by atoms with Crippen LogP contribution in [0.4, 0.5) is 24.5 Å². The molecule has 2 aromatic carbocycles. The van der Waals surface area contributed by atoms with Crippen molar-refractivity contribution in [3.8, 4) is 17.6 Å². The van der Waals surface area contributed by atoms with Crippen molar-refractivity contribution in [2.75, 3.05) is 57.8 Å². The van der Waals surface area contributed by atoms with Gasteiger partial charge in [0.2, 0.25) is 0 Å². The summed E-state index contributed by atoms with van der Waals surface area (Å²) in [4.78, 5) is 2.69. The average molecular weight is 564 g/mol. The summed E-state index contributed by atoms with van der Waals surface area (Å²) in [5.74, 6) is 6.51. The Morgan fingerprint density at radius 3 is 2.68 bits per heavy atom. The second-order valence-corrected chi connectivity index (χ2v) is 14.3. The summed E-state index contributed by atoms with van der Waals surface area (Å²) < 4.78 is 59.2. The van der Waals surface area contributed by atoms with Crippen LogP contribution in [-0.2, 0) is 11.0 Å². The fourth-order valence-corrected chi connectivity index (χ4v) is 6.72. The molecule has 0 aliphatic carbocycles. The lowest BCUT2D eigenvalue weighted by atomic mass is 10.0. The number of fused-ring (bicyclic) bond motifs is 1. The van der Waals surface area contributed by atoms with Gasteiger partial charge < -0.3 is 24.8 Å². The number of hydrogen-bond donors (Lipinski definition) is 2. The van der Waals surface area contributed by atoms with Crippen LogP contribution < -0.4 is 20.7 Å². The van der Waals surface area contributed by atoms with Crippen LogP contribution in [0.5, 0.6) is 5.75 Å². The minimum atomic E-state index is -4.34. The van der Waals surface area contributed by atoms with Crippen molar-refractivity contribution < 1.29 is 22.5 Å². The molecule has 0 bridgehead atoms. The first-order valence-corrected chi connectivity index (χ1v) is 15.9. The summed E-state index contributed by atoms with van der Waals surface area (Å²) >= 11 is 1.31. The average Bonchev–Trinajstić information content (AvgIpc) is 3.18. The van der Waals surface area contributed by atoms with E-state index in [1.165, 1.54) is 18.4 Å². The summed E-state index contributed by atoms with van der Waals surface area (Å²) in [6, 6.07) is 11.1. The monoisotopic (exact) mass is 563 g/mol. The number of rotatable bonds is 7. The Morgan fingerprint density at radius 2 is 2.00 bits per heavy atom. The van der Waals surface area contributed by atoms with Crippen molar-refractivity contribution >= 4 is 45.2 Å². The zero-order chi connectivity index (χ0) is 27.5. The predicted octanol–water partition coefficient (Wildman–Crippen LogP) is 6.23. The van der Waals surface area contributed by atoms with Gasteiger partial charge in [0.15, 0.2) is 0 Å². The van der Waals surface area contributed by atoms with E-state index < -0.39 is 19.7 Å². The Morgan fingerprint density at radius 1 is 1.21 bits per heavy atom. The van der Waals surface area contributed by atoms with Crippen molar-refractivity contribution in [1.29, 1.82) is 0 Å². The Kier molecular flexibility index (Phi) is 8.66. The highest BCUT2D eigenvalue weighted by Gasteiger charge is 2.31. The van der Waals surface area contributed by atoms with Crippen LogP contribution in [-0.4, -0.2) is 64.2 Å². The number of nitrogens with zero attached hydrogens (tertiary/aromatic N) is 1. The fraction of sp³-hybridized carbons (Fsp3) is 0.429. The first-order chi connectivity index (χ1) is 17.9. The summed E-state index contributed by atoms with van der Waals surface area (Å²) in [7, 11) is 1.17. The van der Waals surface area contributed by atoms with Crippen LogP contribution in [0.25, 0.3) is 10.1 Å². The Labute approximate surface area is 226 Å². The third kappa shape index (κ3) is 7.05. The van der Waals surface area contributed by atoms with E-state index in [1.54, 1.807) is 37.6 Å². The summed E-state index contributed by atoms with van der Waals surface area (Å²) in [5, 5.41) is 8.03. The zero-order valence-corrected chi connectivity index (χ0v) is 23.7. The highest BCUT2D eigenvalue weighted by molar-refractivity contribution is 7.70. The number of methoxy groups -OCH3 is 1. The van der Waals surface area contributed by atoms with E-state index in [-0.39, 0.29) is 18.2 Å². The lowest BCUT2D eigenvalue weighted by Gasteiger charge is -2.31. The molecule has 1 aromatic heterocycles. The SMILES string of the molecule is COc1cc(P(C)(C)=O)ccc1NCC#Cc1sc2c(NC3CCCN(C)C3)cccc2c1CC(F)(F)F. The number of halogens is 3. The third-order valence-electron chi connectivity index (χ3n) is 6.56. The molecule has 0 radical (unpaired) electrons. The first-order valence-electron chi connectivity index (χ1n) is 12.5. The molecule has 0 spiro atoms. The topological polar surface area (TPSA) is 53.6 Å². The first kappa shape index (κ1) is 28.4. The van der Waals surface area contributed by atoms with E-state index in [2.05, 4.69) is 34.4 Å². The summed E-state index contributed by atoms with van der Waals surface area (Å²) in [6.45, 7) is 5.55. The van der Waals surface area contributed by atoms with Crippen molar-refractivity contribution in [3.05, 3.63) is 46.8 Å². The van der Waals surface area contributed by atoms with Gasteiger partial charge in [0.05, 0.1) is 41.0 Å². The third-order valence-corrected chi connectivity index (χ3v) is 9.27. The standard InChI is InChI=1S/C28H33F3N3O2PS/c1-34-15-7-8-19(18-34)33-24-10-5-9-21-22(17-28(29,30)31)26(38-27(21)24)11-6-14-32-23-13-12-20(37(3,4)35)16-25(23)36-2/h5,9-10,12-13,16,19,32-33H,7-8,14-15,17-18H2,1-4H3. The van der Waals surface area contributed by atoms with Crippen LogP contribution in [0.3, 0.4) is 0 Å². The molecule has 0 amide bonds. The van der Waals surface area contributed by atoms with Crippen molar-refractivity contribution in [3.63, 3.8) is 0 Å². The van der Waals surface area contributed by atoms with E-state index >= 15 is 0 Å². The molecule has 1 aliphatic heterocycles. The lowest BCUT2D eigenvalue weighted by Crippen LogP contribution is -2.39. The van der Waals surface area contributed by atoms with Crippen LogP contribution in [0.15, 0.2) is 36.4 Å². The number of nitrogens with one attached hydrogen (secondary N) is 2. The highest BCUT2D eigenvalue weighted by Crippen LogP contribution is 2.40. The number of likely N-dealkylation sites (N-methyl/N-ethyl adjacent to an activating group) is 1. The normalized spacial score (nSPS) is 16.7. The molecule has 1 fully saturated rings. The van der Waals surface area contributed by atoms with Crippen molar-refractivity contribution in [1.82, 2.24) is 4.90 Å². The van der Waals surface area contributed by atoms with Gasteiger partial charge in [0.1, 0.15) is 12.9 Å². The highest BCUT2D eigenvalue weighted by atomic mass is 32.1. The van der Waals surface area contributed by atoms with E-state index in [4.69, 9.17) is 4.74 Å². The van der Waals surface area contributed by atoms with E-state index in [0.717, 1.165) is 36.3 Å². The molecule has 1 unspecified atom stereocenters. The number of alkyl halides is 3. The van der Waals surface area contributed by atoms with Gasteiger partial charge in [0, 0.05) is 17.9 Å². The number of anilines is 2. The number of benzene rings is 2. The van der Waals surface area contributed by atoms with E-state index in [9.17, 15) is 17.7 Å². The van der Waals surface area contributed by atoms with Gasteiger partial charge in [-0.05, 0) is 75.0 Å². The maximum atomic E-state index is 13.5. The largest absolute Gasteiger partial charge is 0.495 e. The van der Waals surface area contributed by atoms with Crippen LogP contribution >= 0.6 is 18.5 Å². The van der Waals surface area contributed by atoms with Gasteiger partial charge >= 0.3 is 6.18 Å². The zero-order valence-electron chi connectivity index (χ0n) is 22.0. The molecule has 4 rings (SSSR count). The van der Waals surface area contributed by atoms with Crippen molar-refractivity contribution in [2.45, 2.75) is 31.5 Å². The van der Waals surface area contributed by atoms with Crippen LogP contribution in [0.2, 0.25) is 0 Å². The molecule has 10 heteroatoms. The van der Waals surface area contributed by atoms with Gasteiger partial charge in [-0.25, -0.2) is 0 Å². The second-order valence-electron chi connectivity index (χ2n) is 10.0. The van der Waals surface area contributed by atoms with Gasteiger partial charge in [-0.15, -0.1) is 11.3 Å². The molecule has 5 nitrogen and oxygen atoms in total. The van der Waals surface area contributed by atoms with Gasteiger partial charge in [-0.3, -0.25) is 0 Å². The molecule has 1 atom stereocenters. The lowest BCUT2D eigenvalue weighted by molar-refractivity contribution is -0.126. The molecular formula is C28H33F3N3O2PS. The van der Waals surface area contributed by atoms with E-state index in [1.807, 2.05) is 12.1 Å². The number of hydrogen-bond acceptors (Lipinski definition) is 6. The molecule has 2 heterocycles. The predicted molar refractivity (Wildman–Crippen MR) is 153 cm³/mol. The van der Waals surface area contributed by atoms with Gasteiger partial charge in [-0.1, -0.05) is 24.0 Å². The maximum Gasteiger partial charge on any atom is 0.393 e. The molecule has 1 aliphatic rings. The molecule has 0 saturated carbocycles. The van der Waals surface area contributed by atoms with Crippen LogP contribution in [0, 0.1) is 11.8 Å². The Balaban J connectivity index is 1.60. The number of thiophene rings is 1. The quantitative estimate of drug-likeness (QED) is 0.264. The fourth-order valence-electron chi connectivity index (χ4n) is 4.69. The van der Waals surface area contributed by atoms with E-state index in [0.29, 0.717) is 27.0 Å². The molecule has 3 aromatic rings. The molecule has 1 saturated heterocycles. The van der Waals surface area contributed by atoms with Gasteiger partial charge in [0.25, 0.3) is 0 Å². The maximum absolute atomic E-state index is 13.5. The minimum Gasteiger partial charge on any atom is -0.495 e. The Hall–Kier alpha value is -2.66. The number of likely N-dealkylation sites (tertiary alicyclic amines) is 1. The summed E-state index contributed by atoms with van der Waals surface area (Å²) in [5.41, 5.74) is 1.75. The smallest absolute Gasteiger partial charge is 0.393 e. The molecule has 2 N–H and O–H groups in total. The Bertz CT molecular complexity index is 1400.